The zero-order chi connectivity index (χ0) is 13.0. The lowest BCUT2D eigenvalue weighted by Gasteiger charge is -2.14. The average Bonchev–Trinajstić information content (AvgIpc) is 2.40. The molecule has 3 nitrogen and oxygen atoms in total. The highest BCUT2D eigenvalue weighted by atomic mass is 16.1. The van der Waals surface area contributed by atoms with E-state index in [0.717, 1.165) is 11.3 Å². The lowest BCUT2D eigenvalue weighted by Crippen LogP contribution is -2.27. The summed E-state index contributed by atoms with van der Waals surface area (Å²) in [5.41, 5.74) is 2.54. The van der Waals surface area contributed by atoms with Crippen molar-refractivity contribution in [2.45, 2.75) is 19.9 Å². The Kier molecular flexibility index (Phi) is 3.72. The maximum absolute atomic E-state index is 12.1. The van der Waals surface area contributed by atoms with Gasteiger partial charge in [-0.2, -0.15) is 0 Å². The highest BCUT2D eigenvalue weighted by Gasteiger charge is 2.13. The van der Waals surface area contributed by atoms with Crippen molar-refractivity contribution in [2.75, 3.05) is 0 Å². The van der Waals surface area contributed by atoms with E-state index in [0.29, 0.717) is 5.56 Å². The van der Waals surface area contributed by atoms with E-state index in [-0.39, 0.29) is 11.9 Å². The van der Waals surface area contributed by atoms with Crippen molar-refractivity contribution in [3.8, 4) is 0 Å². The SMILES string of the molecule is Cc1ccccc1C(=O)NC(C)c1ccccn1. The molecule has 18 heavy (non-hydrogen) atoms. The van der Waals surface area contributed by atoms with E-state index < -0.39 is 0 Å². The van der Waals surface area contributed by atoms with Crippen LogP contribution in [0.4, 0.5) is 0 Å². The topological polar surface area (TPSA) is 42.0 Å². The molecule has 1 heterocycles. The van der Waals surface area contributed by atoms with Gasteiger partial charge in [-0.05, 0) is 37.6 Å². The molecular weight excluding hydrogens is 224 g/mol. The van der Waals surface area contributed by atoms with Crippen LogP contribution in [0.2, 0.25) is 0 Å². The van der Waals surface area contributed by atoms with Gasteiger partial charge >= 0.3 is 0 Å². The van der Waals surface area contributed by atoms with Gasteiger partial charge in [0.1, 0.15) is 0 Å². The van der Waals surface area contributed by atoms with Crippen LogP contribution in [0.15, 0.2) is 48.7 Å². The zero-order valence-corrected chi connectivity index (χ0v) is 10.6. The van der Waals surface area contributed by atoms with Crippen LogP contribution in [-0.4, -0.2) is 10.9 Å². The number of aryl methyl sites for hydroxylation is 1. The molecule has 1 amide bonds. The van der Waals surface area contributed by atoms with Gasteiger partial charge in [0.05, 0.1) is 11.7 Å². The number of nitrogens with zero attached hydrogens (tertiary/aromatic N) is 1. The number of aromatic nitrogens is 1. The van der Waals surface area contributed by atoms with E-state index in [2.05, 4.69) is 10.3 Å². The molecule has 1 aromatic carbocycles. The molecule has 0 aliphatic heterocycles. The standard InChI is InChI=1S/C15H16N2O/c1-11-7-3-4-8-13(11)15(18)17-12(2)14-9-5-6-10-16-14/h3-10,12H,1-2H3,(H,17,18). The summed E-state index contributed by atoms with van der Waals surface area (Å²) in [6.07, 6.45) is 1.73. The number of hydrogen-bond acceptors (Lipinski definition) is 2. The van der Waals surface area contributed by atoms with Gasteiger partial charge in [-0.3, -0.25) is 9.78 Å². The first-order chi connectivity index (χ1) is 8.68. The number of carbonyl (C=O) groups is 1. The highest BCUT2D eigenvalue weighted by molar-refractivity contribution is 5.95. The number of hydrogen-bond donors (Lipinski definition) is 1. The summed E-state index contributed by atoms with van der Waals surface area (Å²) < 4.78 is 0. The van der Waals surface area contributed by atoms with Gasteiger partial charge in [-0.25, -0.2) is 0 Å². The van der Waals surface area contributed by atoms with E-state index in [1.807, 2.05) is 56.3 Å². The van der Waals surface area contributed by atoms with Gasteiger partial charge in [0.25, 0.3) is 5.91 Å². The molecule has 0 bridgehead atoms. The average molecular weight is 240 g/mol. The van der Waals surface area contributed by atoms with Crippen molar-refractivity contribution < 1.29 is 4.79 Å². The Morgan fingerprint density at radius 2 is 1.89 bits per heavy atom. The summed E-state index contributed by atoms with van der Waals surface area (Å²) in [5, 5.41) is 2.95. The second-order valence-corrected chi connectivity index (χ2v) is 4.26. The fourth-order valence-electron chi connectivity index (χ4n) is 1.81. The molecule has 0 aliphatic rings. The Hall–Kier alpha value is -2.16. The van der Waals surface area contributed by atoms with Crippen molar-refractivity contribution in [2.24, 2.45) is 0 Å². The fourth-order valence-corrected chi connectivity index (χ4v) is 1.81. The van der Waals surface area contributed by atoms with Gasteiger partial charge in [0.2, 0.25) is 0 Å². The van der Waals surface area contributed by atoms with Crippen molar-refractivity contribution in [1.29, 1.82) is 0 Å². The summed E-state index contributed by atoms with van der Waals surface area (Å²) in [7, 11) is 0. The fraction of sp³-hybridized carbons (Fsp3) is 0.200. The first kappa shape index (κ1) is 12.3. The second-order valence-electron chi connectivity index (χ2n) is 4.26. The normalized spacial score (nSPS) is 11.9. The maximum Gasteiger partial charge on any atom is 0.252 e. The van der Waals surface area contributed by atoms with E-state index in [1.165, 1.54) is 0 Å². The van der Waals surface area contributed by atoms with Crippen molar-refractivity contribution in [1.82, 2.24) is 10.3 Å². The molecule has 0 spiro atoms. The van der Waals surface area contributed by atoms with Crippen LogP contribution in [0.25, 0.3) is 0 Å². The van der Waals surface area contributed by atoms with Gasteiger partial charge in [0.15, 0.2) is 0 Å². The summed E-state index contributed by atoms with van der Waals surface area (Å²) in [4.78, 5) is 16.3. The summed E-state index contributed by atoms with van der Waals surface area (Å²) in [6.45, 7) is 3.86. The number of carbonyl (C=O) groups excluding carboxylic acids is 1. The van der Waals surface area contributed by atoms with Crippen molar-refractivity contribution >= 4 is 5.91 Å². The molecule has 2 rings (SSSR count). The molecule has 92 valence electrons. The third-order valence-corrected chi connectivity index (χ3v) is 2.87. The lowest BCUT2D eigenvalue weighted by atomic mass is 10.1. The molecule has 1 N–H and O–H groups in total. The van der Waals surface area contributed by atoms with E-state index >= 15 is 0 Å². The number of benzene rings is 1. The minimum atomic E-state index is -0.0988. The van der Waals surface area contributed by atoms with E-state index in [1.54, 1.807) is 6.20 Å². The van der Waals surface area contributed by atoms with Crippen LogP contribution < -0.4 is 5.32 Å². The first-order valence-corrected chi connectivity index (χ1v) is 5.96. The zero-order valence-electron chi connectivity index (χ0n) is 10.6. The highest BCUT2D eigenvalue weighted by Crippen LogP contribution is 2.11. The Morgan fingerprint density at radius 1 is 1.17 bits per heavy atom. The van der Waals surface area contributed by atoms with Crippen LogP contribution in [0.3, 0.4) is 0 Å². The third-order valence-electron chi connectivity index (χ3n) is 2.87. The molecule has 3 heteroatoms. The summed E-state index contributed by atoms with van der Waals surface area (Å²) in [5.74, 6) is -0.0637. The minimum Gasteiger partial charge on any atom is -0.344 e. The number of nitrogens with one attached hydrogen (secondary N) is 1. The smallest absolute Gasteiger partial charge is 0.252 e. The molecular formula is C15H16N2O. The van der Waals surface area contributed by atoms with Gasteiger partial charge in [0, 0.05) is 11.8 Å². The van der Waals surface area contributed by atoms with E-state index in [9.17, 15) is 4.79 Å². The minimum absolute atomic E-state index is 0.0637. The van der Waals surface area contributed by atoms with Crippen molar-refractivity contribution in [3.63, 3.8) is 0 Å². The number of rotatable bonds is 3. The van der Waals surface area contributed by atoms with Crippen LogP contribution in [0.5, 0.6) is 0 Å². The number of pyridine rings is 1. The van der Waals surface area contributed by atoms with E-state index in [4.69, 9.17) is 0 Å². The van der Waals surface area contributed by atoms with Crippen LogP contribution >= 0.6 is 0 Å². The summed E-state index contributed by atoms with van der Waals surface area (Å²) in [6, 6.07) is 13.1. The first-order valence-electron chi connectivity index (χ1n) is 5.96. The predicted molar refractivity (Wildman–Crippen MR) is 71.3 cm³/mol. The van der Waals surface area contributed by atoms with Crippen LogP contribution in [-0.2, 0) is 0 Å². The Morgan fingerprint density at radius 3 is 2.56 bits per heavy atom. The third kappa shape index (κ3) is 2.74. The lowest BCUT2D eigenvalue weighted by molar-refractivity contribution is 0.0938. The van der Waals surface area contributed by atoms with Gasteiger partial charge < -0.3 is 5.32 Å². The molecule has 2 aromatic rings. The van der Waals surface area contributed by atoms with Gasteiger partial charge in [-0.1, -0.05) is 24.3 Å². The molecule has 0 saturated heterocycles. The Balaban J connectivity index is 2.11. The molecule has 1 aromatic heterocycles. The molecule has 0 saturated carbocycles. The summed E-state index contributed by atoms with van der Waals surface area (Å²) >= 11 is 0. The predicted octanol–water partition coefficient (Wildman–Crippen LogP) is 2.88. The molecule has 0 fully saturated rings. The van der Waals surface area contributed by atoms with Gasteiger partial charge in [-0.15, -0.1) is 0 Å². The molecule has 0 aliphatic carbocycles. The van der Waals surface area contributed by atoms with Crippen LogP contribution in [0, 0.1) is 6.92 Å². The molecule has 1 atom stereocenters. The van der Waals surface area contributed by atoms with Crippen molar-refractivity contribution in [3.05, 3.63) is 65.5 Å². The Labute approximate surface area is 107 Å². The number of amides is 1. The molecule has 0 radical (unpaired) electrons. The largest absolute Gasteiger partial charge is 0.344 e. The molecule has 1 unspecified atom stereocenters. The quantitative estimate of drug-likeness (QED) is 0.896. The van der Waals surface area contributed by atoms with Crippen LogP contribution in [0.1, 0.15) is 34.6 Å². The maximum atomic E-state index is 12.1. The Bertz CT molecular complexity index is 537. The monoisotopic (exact) mass is 240 g/mol. The second kappa shape index (κ2) is 5.45.